The Kier molecular flexibility index (Phi) is 3.13. The number of ketones is 1. The summed E-state index contributed by atoms with van der Waals surface area (Å²) in [4.78, 5) is 25.0. The monoisotopic (exact) mass is 233 g/mol. The number of para-hydroxylation sites is 2. The zero-order valence-corrected chi connectivity index (χ0v) is 9.97. The molecular formula is C13H15NO3. The van der Waals surface area contributed by atoms with E-state index < -0.39 is 5.92 Å². The average Bonchev–Trinajstić information content (AvgIpc) is 2.71. The van der Waals surface area contributed by atoms with Crippen LogP contribution in [0.25, 0.3) is 0 Å². The van der Waals surface area contributed by atoms with Gasteiger partial charge >= 0.3 is 0 Å². The van der Waals surface area contributed by atoms with Crippen LogP contribution in [0.5, 0.6) is 5.75 Å². The van der Waals surface area contributed by atoms with Gasteiger partial charge in [-0.05, 0) is 25.5 Å². The molecule has 0 N–H and O–H groups in total. The smallest absolute Gasteiger partial charge is 0.237 e. The molecule has 1 aromatic rings. The first-order chi connectivity index (χ1) is 8.15. The molecule has 1 unspecified atom stereocenters. The van der Waals surface area contributed by atoms with E-state index in [2.05, 4.69) is 0 Å². The largest absolute Gasteiger partial charge is 0.495 e. The molecule has 1 aromatic carbocycles. The van der Waals surface area contributed by atoms with E-state index in [4.69, 9.17) is 4.74 Å². The van der Waals surface area contributed by atoms with Gasteiger partial charge in [-0.15, -0.1) is 0 Å². The second-order valence-corrected chi connectivity index (χ2v) is 4.11. The first-order valence-electron chi connectivity index (χ1n) is 5.60. The molecule has 0 radical (unpaired) electrons. The lowest BCUT2D eigenvalue weighted by Crippen LogP contribution is -2.29. The Morgan fingerprint density at radius 3 is 2.71 bits per heavy atom. The Morgan fingerprint density at radius 2 is 2.12 bits per heavy atom. The van der Waals surface area contributed by atoms with Crippen LogP contribution in [0, 0.1) is 5.92 Å². The quantitative estimate of drug-likeness (QED) is 0.745. The topological polar surface area (TPSA) is 46.6 Å². The highest BCUT2D eigenvalue weighted by atomic mass is 16.5. The first kappa shape index (κ1) is 11.6. The van der Waals surface area contributed by atoms with Crippen LogP contribution in [0.2, 0.25) is 0 Å². The van der Waals surface area contributed by atoms with Crippen molar-refractivity contribution in [2.45, 2.75) is 13.3 Å². The Labute approximate surface area is 100 Å². The lowest BCUT2D eigenvalue weighted by atomic mass is 10.0. The number of benzene rings is 1. The van der Waals surface area contributed by atoms with Crippen molar-refractivity contribution >= 4 is 17.4 Å². The van der Waals surface area contributed by atoms with Gasteiger partial charge in [0.2, 0.25) is 5.91 Å². The lowest BCUT2D eigenvalue weighted by molar-refractivity contribution is -0.129. The van der Waals surface area contributed by atoms with Gasteiger partial charge in [0.1, 0.15) is 11.5 Å². The summed E-state index contributed by atoms with van der Waals surface area (Å²) < 4.78 is 5.22. The number of nitrogens with zero attached hydrogens (tertiary/aromatic N) is 1. The number of Topliss-reactive ketones (excluding diaryl/α,β-unsaturated/α-hetero) is 1. The minimum absolute atomic E-state index is 0.0626. The third kappa shape index (κ3) is 2.02. The number of carbonyl (C=O) groups excluding carboxylic acids is 2. The normalized spacial score (nSPS) is 19.5. The van der Waals surface area contributed by atoms with Gasteiger partial charge in [-0.25, -0.2) is 0 Å². The van der Waals surface area contributed by atoms with Gasteiger partial charge in [0.15, 0.2) is 0 Å². The first-order valence-corrected chi connectivity index (χ1v) is 5.60. The van der Waals surface area contributed by atoms with Gasteiger partial charge in [0.05, 0.1) is 18.7 Å². The lowest BCUT2D eigenvalue weighted by Gasteiger charge is -2.19. The second kappa shape index (κ2) is 4.57. The minimum Gasteiger partial charge on any atom is -0.495 e. The van der Waals surface area contributed by atoms with E-state index in [0.29, 0.717) is 18.7 Å². The number of hydrogen-bond acceptors (Lipinski definition) is 3. The SMILES string of the molecule is COc1ccccc1N1CCC(C(C)=O)C1=O. The van der Waals surface area contributed by atoms with E-state index in [0.717, 1.165) is 5.69 Å². The molecule has 1 atom stereocenters. The predicted octanol–water partition coefficient (Wildman–Crippen LogP) is 1.64. The van der Waals surface area contributed by atoms with E-state index in [9.17, 15) is 9.59 Å². The molecule has 1 saturated heterocycles. The van der Waals surface area contributed by atoms with Gasteiger partial charge in [-0.1, -0.05) is 12.1 Å². The molecule has 0 saturated carbocycles. The van der Waals surface area contributed by atoms with Crippen LogP contribution in [0.4, 0.5) is 5.69 Å². The fourth-order valence-electron chi connectivity index (χ4n) is 2.15. The van der Waals surface area contributed by atoms with E-state index in [1.165, 1.54) is 6.92 Å². The molecule has 90 valence electrons. The van der Waals surface area contributed by atoms with Crippen LogP contribution in [-0.4, -0.2) is 25.3 Å². The molecule has 17 heavy (non-hydrogen) atoms. The fourth-order valence-corrected chi connectivity index (χ4v) is 2.15. The molecule has 1 aliphatic rings. The van der Waals surface area contributed by atoms with Crippen molar-refractivity contribution < 1.29 is 14.3 Å². The maximum atomic E-state index is 12.1. The van der Waals surface area contributed by atoms with E-state index >= 15 is 0 Å². The third-order valence-corrected chi connectivity index (χ3v) is 3.07. The Hall–Kier alpha value is -1.84. The zero-order valence-electron chi connectivity index (χ0n) is 9.97. The second-order valence-electron chi connectivity index (χ2n) is 4.11. The number of methoxy groups -OCH3 is 1. The number of carbonyl (C=O) groups is 2. The molecule has 1 fully saturated rings. The molecule has 0 aromatic heterocycles. The van der Waals surface area contributed by atoms with Crippen LogP contribution in [0.3, 0.4) is 0 Å². The van der Waals surface area contributed by atoms with Crippen molar-refractivity contribution in [2.75, 3.05) is 18.6 Å². The van der Waals surface area contributed by atoms with Crippen molar-refractivity contribution in [1.29, 1.82) is 0 Å². The minimum atomic E-state index is -0.486. The van der Waals surface area contributed by atoms with Crippen LogP contribution in [0.15, 0.2) is 24.3 Å². The number of anilines is 1. The summed E-state index contributed by atoms with van der Waals surface area (Å²) >= 11 is 0. The molecule has 2 rings (SSSR count). The van der Waals surface area contributed by atoms with E-state index in [1.54, 1.807) is 12.0 Å². The Bertz CT molecular complexity index is 456. The molecule has 0 spiro atoms. The molecular weight excluding hydrogens is 218 g/mol. The summed E-state index contributed by atoms with van der Waals surface area (Å²) in [6, 6.07) is 7.35. The highest BCUT2D eigenvalue weighted by molar-refractivity contribution is 6.10. The number of ether oxygens (including phenoxy) is 1. The van der Waals surface area contributed by atoms with Gasteiger partial charge in [-0.2, -0.15) is 0 Å². The summed E-state index contributed by atoms with van der Waals surface area (Å²) in [5.41, 5.74) is 0.740. The number of amides is 1. The van der Waals surface area contributed by atoms with Crippen molar-refractivity contribution in [1.82, 2.24) is 0 Å². The van der Waals surface area contributed by atoms with Crippen LogP contribution in [-0.2, 0) is 9.59 Å². The van der Waals surface area contributed by atoms with Crippen LogP contribution in [0.1, 0.15) is 13.3 Å². The third-order valence-electron chi connectivity index (χ3n) is 3.07. The van der Waals surface area contributed by atoms with Gasteiger partial charge in [-0.3, -0.25) is 9.59 Å². The molecule has 0 aliphatic carbocycles. The molecule has 1 heterocycles. The van der Waals surface area contributed by atoms with Gasteiger partial charge in [0.25, 0.3) is 0 Å². The number of hydrogen-bond donors (Lipinski definition) is 0. The fraction of sp³-hybridized carbons (Fsp3) is 0.385. The molecule has 0 bridgehead atoms. The summed E-state index contributed by atoms with van der Waals surface area (Å²) in [5, 5.41) is 0. The molecule has 4 nitrogen and oxygen atoms in total. The van der Waals surface area contributed by atoms with Crippen molar-refractivity contribution in [3.8, 4) is 5.75 Å². The summed E-state index contributed by atoms with van der Waals surface area (Å²) in [5.74, 6) is -0.0145. The van der Waals surface area contributed by atoms with Gasteiger partial charge in [0, 0.05) is 6.54 Å². The maximum absolute atomic E-state index is 12.1. The zero-order chi connectivity index (χ0) is 12.4. The van der Waals surface area contributed by atoms with Crippen molar-refractivity contribution in [3.63, 3.8) is 0 Å². The molecule has 1 amide bonds. The Balaban J connectivity index is 2.30. The standard InChI is InChI=1S/C13H15NO3/c1-9(15)10-7-8-14(13(10)16)11-5-3-4-6-12(11)17-2/h3-6,10H,7-8H2,1-2H3. The summed E-state index contributed by atoms with van der Waals surface area (Å²) in [7, 11) is 1.57. The van der Waals surface area contributed by atoms with E-state index in [1.807, 2.05) is 24.3 Å². The van der Waals surface area contributed by atoms with E-state index in [-0.39, 0.29) is 11.7 Å². The predicted molar refractivity (Wildman–Crippen MR) is 64.1 cm³/mol. The van der Waals surface area contributed by atoms with Crippen molar-refractivity contribution in [2.24, 2.45) is 5.92 Å². The maximum Gasteiger partial charge on any atom is 0.237 e. The average molecular weight is 233 g/mol. The molecule has 4 heteroatoms. The number of rotatable bonds is 3. The highest BCUT2D eigenvalue weighted by Gasteiger charge is 2.36. The highest BCUT2D eigenvalue weighted by Crippen LogP contribution is 2.32. The van der Waals surface area contributed by atoms with Gasteiger partial charge < -0.3 is 9.64 Å². The molecule has 1 aliphatic heterocycles. The van der Waals surface area contributed by atoms with Crippen LogP contribution < -0.4 is 9.64 Å². The van der Waals surface area contributed by atoms with Crippen molar-refractivity contribution in [3.05, 3.63) is 24.3 Å². The van der Waals surface area contributed by atoms with Crippen LogP contribution >= 0.6 is 0 Å². The summed E-state index contributed by atoms with van der Waals surface area (Å²) in [6.45, 7) is 2.04. The summed E-state index contributed by atoms with van der Waals surface area (Å²) in [6.07, 6.45) is 0.589. The Morgan fingerprint density at radius 1 is 1.41 bits per heavy atom.